The maximum atomic E-state index is 13.5. The highest BCUT2D eigenvalue weighted by Gasteiger charge is 2.64. The van der Waals surface area contributed by atoms with Crippen molar-refractivity contribution in [2.45, 2.75) is 150 Å². The molecule has 2 saturated carbocycles. The summed E-state index contributed by atoms with van der Waals surface area (Å²) in [5.74, 6) is 3.24. The number of benzene rings is 4. The molecule has 6 aromatic rings. The van der Waals surface area contributed by atoms with Crippen molar-refractivity contribution in [1.82, 2.24) is 29.6 Å². The molecule has 22 nitrogen and oxygen atoms in total. The van der Waals surface area contributed by atoms with Gasteiger partial charge in [0.05, 0.1) is 45.5 Å². The number of rotatable bonds is 25. The van der Waals surface area contributed by atoms with Crippen LogP contribution < -0.4 is 43.5 Å². The second-order valence-corrected chi connectivity index (χ2v) is 33.6. The first kappa shape index (κ1) is 79.8. The van der Waals surface area contributed by atoms with E-state index in [1.807, 2.05) is 33.7 Å². The molecule has 104 heavy (non-hydrogen) atoms. The summed E-state index contributed by atoms with van der Waals surface area (Å²) in [7, 11) is -7.49. The van der Waals surface area contributed by atoms with Crippen molar-refractivity contribution in [3.05, 3.63) is 153 Å². The van der Waals surface area contributed by atoms with E-state index in [2.05, 4.69) is 104 Å². The van der Waals surface area contributed by atoms with Gasteiger partial charge in [-0.3, -0.25) is 24.1 Å². The van der Waals surface area contributed by atoms with Gasteiger partial charge in [0.25, 0.3) is 31.9 Å². The van der Waals surface area contributed by atoms with Crippen molar-refractivity contribution in [2.75, 3.05) is 81.9 Å². The molecule has 12 rings (SSSR count). The van der Waals surface area contributed by atoms with Gasteiger partial charge in [0, 0.05) is 135 Å². The normalized spacial score (nSPS) is 20.9. The van der Waals surface area contributed by atoms with Crippen LogP contribution in [0.4, 0.5) is 11.6 Å². The van der Waals surface area contributed by atoms with Crippen molar-refractivity contribution in [3.8, 4) is 35.1 Å². The minimum absolute atomic E-state index is 0. The molecule has 2 saturated heterocycles. The molecule has 556 valence electrons. The number of fused-ring (bicyclic) bond motifs is 2. The van der Waals surface area contributed by atoms with Gasteiger partial charge in [0.15, 0.2) is 11.6 Å². The summed E-state index contributed by atoms with van der Waals surface area (Å²) in [5, 5.41) is 22.4. The lowest BCUT2D eigenvalue weighted by molar-refractivity contribution is -0.196. The molecule has 4 fully saturated rings. The number of hydrogen-bond acceptors (Lipinski definition) is 20. The molecule has 0 radical (unpaired) electrons. The number of unbranched alkanes of at least 4 members (excludes halogenated alkanes) is 5. The third kappa shape index (κ3) is 17.9. The number of carbonyl (C=O) groups excluding carboxylic acids is 4. The van der Waals surface area contributed by atoms with E-state index in [0.717, 1.165) is 109 Å². The minimum Gasteiger partial charge on any atom is -0.494 e. The highest BCUT2D eigenvalue weighted by molar-refractivity contribution is 7.91. The number of sulfonamides is 2. The largest absolute Gasteiger partial charge is 0.494 e. The van der Waals surface area contributed by atoms with Crippen LogP contribution in [0.25, 0.3) is 0 Å². The topological polar surface area (TPSA) is 293 Å². The van der Waals surface area contributed by atoms with Crippen LogP contribution in [0.2, 0.25) is 10.0 Å². The van der Waals surface area contributed by atoms with Gasteiger partial charge in [-0.15, -0.1) is 0 Å². The lowest BCUT2D eigenvalue weighted by Crippen LogP contribution is -2.66. The maximum Gasteiger partial charge on any atom is 0.266 e. The monoisotopic (exact) mass is 1500 g/mol. The van der Waals surface area contributed by atoms with E-state index in [-0.39, 0.29) is 85.6 Å². The summed E-state index contributed by atoms with van der Waals surface area (Å²) < 4.78 is 75.3. The van der Waals surface area contributed by atoms with Crippen LogP contribution in [0.5, 0.6) is 23.0 Å². The summed E-state index contributed by atoms with van der Waals surface area (Å²) in [6, 6.07) is 31.1. The van der Waals surface area contributed by atoms with Crippen molar-refractivity contribution in [3.63, 3.8) is 0 Å². The number of anilines is 2. The zero-order chi connectivity index (χ0) is 74.2. The second kappa shape index (κ2) is 33.4. The van der Waals surface area contributed by atoms with Crippen LogP contribution in [0.15, 0.2) is 119 Å². The Morgan fingerprint density at radius 1 is 0.538 bits per heavy atom. The SMILES string of the molecule is C.CC1(C)C(CC(=O)c2ccc(N3CCN(CCCCCOc4ccc5c(c4)S(=O)(=O)NC5=O)CC3)nc2)C(C)(C)C1Oc1ccc(C#N)c(Cl)c1.CC1(C)C(CC(=O)c2ccc(N3CCNCC3)nc2)C(C)(C)C1Oc1ccc(C#N)c(Cl)c1.CCCCCCOc1ccc2c(c1)S(=O)(=O)NC2=O. The van der Waals surface area contributed by atoms with Crippen LogP contribution in [0, 0.1) is 56.2 Å². The average Bonchev–Trinajstić information content (AvgIpc) is 0.985. The van der Waals surface area contributed by atoms with E-state index in [4.69, 9.17) is 47.4 Å². The quantitative estimate of drug-likeness (QED) is 0.0354. The van der Waals surface area contributed by atoms with Gasteiger partial charge in [0.1, 0.15) is 68.8 Å². The van der Waals surface area contributed by atoms with E-state index in [0.29, 0.717) is 81.4 Å². The predicted molar refractivity (Wildman–Crippen MR) is 401 cm³/mol. The molecule has 4 aromatic carbocycles. The van der Waals surface area contributed by atoms with Gasteiger partial charge in [0.2, 0.25) is 0 Å². The van der Waals surface area contributed by atoms with E-state index < -0.39 is 31.9 Å². The fourth-order valence-electron chi connectivity index (χ4n) is 15.8. The van der Waals surface area contributed by atoms with Crippen molar-refractivity contribution in [2.24, 2.45) is 33.5 Å². The Kier molecular flexibility index (Phi) is 25.6. The molecular formula is C78H96Cl2N10O12S2. The molecule has 3 N–H and O–H groups in total. The first-order valence-electron chi connectivity index (χ1n) is 35.2. The number of piperazine rings is 2. The number of aromatic nitrogens is 2. The number of halogens is 2. The molecule has 2 aliphatic carbocycles. The summed E-state index contributed by atoms with van der Waals surface area (Å²) in [6.45, 7) is 28.6. The van der Waals surface area contributed by atoms with Crippen LogP contribution in [0.3, 0.4) is 0 Å². The highest BCUT2D eigenvalue weighted by atomic mass is 35.5. The third-order valence-corrected chi connectivity index (χ3v) is 24.4. The molecule has 4 aliphatic heterocycles. The number of ether oxygens (including phenoxy) is 4. The second-order valence-electron chi connectivity index (χ2n) is 29.5. The average molecular weight is 1500 g/mol. The van der Waals surface area contributed by atoms with Gasteiger partial charge >= 0.3 is 0 Å². The van der Waals surface area contributed by atoms with E-state index >= 15 is 0 Å². The fraction of sp³-hybridized carbons (Fsp3) is 0.487. The zero-order valence-electron chi connectivity index (χ0n) is 59.9. The summed E-state index contributed by atoms with van der Waals surface area (Å²) >= 11 is 12.4. The Hall–Kier alpha value is -8.36. The van der Waals surface area contributed by atoms with Crippen LogP contribution in [-0.4, -0.2) is 139 Å². The van der Waals surface area contributed by atoms with Gasteiger partial charge in [-0.25, -0.2) is 36.2 Å². The molecule has 0 atom stereocenters. The molecular weight excluding hydrogens is 1400 g/mol. The van der Waals surface area contributed by atoms with Crippen molar-refractivity contribution >= 4 is 78.3 Å². The van der Waals surface area contributed by atoms with Crippen LogP contribution in [-0.2, 0) is 20.0 Å². The third-order valence-electron chi connectivity index (χ3n) is 21.1. The minimum atomic E-state index is -3.80. The number of ketones is 2. The molecule has 0 unspecified atom stereocenters. The molecule has 6 heterocycles. The fourth-order valence-corrected chi connectivity index (χ4v) is 18.6. The van der Waals surface area contributed by atoms with Gasteiger partial charge in [-0.05, 0) is 117 Å². The van der Waals surface area contributed by atoms with Crippen molar-refractivity contribution < 1.29 is 55.0 Å². The van der Waals surface area contributed by atoms with Gasteiger partial charge in [-0.2, -0.15) is 10.5 Å². The van der Waals surface area contributed by atoms with E-state index in [9.17, 15) is 41.3 Å². The Morgan fingerprint density at radius 3 is 1.33 bits per heavy atom. The van der Waals surface area contributed by atoms with Gasteiger partial charge < -0.3 is 34.1 Å². The Bertz CT molecular complexity index is 4400. The number of nitrogens with zero attached hydrogens (tertiary/aromatic N) is 7. The molecule has 26 heteroatoms. The standard InChI is InChI=1S/C38H44ClN5O6S.C26H31ClN4O2.C13H17NO4S.CH4/c1-37(2)33(38(3,4)36(37)50-28-10-8-25(23-40)30(39)20-28)22-31(45)26-9-13-34(41-24-26)44-17-15-43(16-18-44)14-6-5-7-19-49-27-11-12-29-32(21-27)51(47,48)42-35(29)46;1-25(2)22(26(3,4)24(25)33-19-7-5-17(15-28)20(27)13-19)14-21(32)18-6-8-23(30-16-18)31-11-9-29-10-12-31;1-2-3-4-5-8-18-10-6-7-11-12(9-10)19(16,17)14-13(11)15;/h8-13,20-21,24,33,36H,5-7,14-19,22H2,1-4H3,(H,42,46);5-8,13,16,22,24,29H,9-12,14H2,1-4H3;6-7,9H,2-5,8H2,1H3,(H,14,15);1H4. The van der Waals surface area contributed by atoms with Gasteiger partial charge in [-0.1, -0.05) is 112 Å². The van der Waals surface area contributed by atoms with E-state index in [1.165, 1.54) is 30.7 Å². The molecule has 2 aromatic heterocycles. The highest BCUT2D eigenvalue weighted by Crippen LogP contribution is 2.63. The number of Topliss-reactive ketones (excluding diaryl/α,β-unsaturated/α-hetero) is 2. The zero-order valence-corrected chi connectivity index (χ0v) is 63.1. The van der Waals surface area contributed by atoms with Crippen LogP contribution >= 0.6 is 23.2 Å². The summed E-state index contributed by atoms with van der Waals surface area (Å²) in [6.07, 6.45) is 11.3. The lowest BCUT2D eigenvalue weighted by atomic mass is 9.44. The molecule has 0 spiro atoms. The number of carbonyl (C=O) groups is 4. The number of hydrogen-bond donors (Lipinski definition) is 3. The molecule has 0 bridgehead atoms. The summed E-state index contributed by atoms with van der Waals surface area (Å²) in [5.41, 5.74) is 1.53. The number of amides is 2. The Morgan fingerprint density at radius 2 is 0.942 bits per heavy atom. The molecule has 6 aliphatic rings. The first-order valence-corrected chi connectivity index (χ1v) is 38.9. The number of nitriles is 2. The predicted octanol–water partition coefficient (Wildman–Crippen LogP) is 13.5. The molecule has 2 amide bonds. The van der Waals surface area contributed by atoms with Crippen LogP contribution in [0.1, 0.15) is 180 Å². The Labute approximate surface area is 622 Å². The maximum absolute atomic E-state index is 13.5. The van der Waals surface area contributed by atoms with E-state index in [1.54, 1.807) is 60.9 Å². The Balaban J connectivity index is 0.000000201. The number of pyridine rings is 2. The lowest BCUT2D eigenvalue weighted by Gasteiger charge is -2.63. The summed E-state index contributed by atoms with van der Waals surface area (Å²) in [4.78, 5) is 65.9. The smallest absolute Gasteiger partial charge is 0.266 e. The first-order chi connectivity index (χ1) is 48.9. The van der Waals surface area contributed by atoms with Crippen molar-refractivity contribution in [1.29, 1.82) is 10.5 Å². The number of nitrogens with one attached hydrogen (secondary N) is 3.